The largest absolute Gasteiger partial charge is 0.473 e. The molecule has 0 saturated carbocycles. The number of likely N-dealkylation sites (tertiary alicyclic amines) is 1. The van der Waals surface area contributed by atoms with Gasteiger partial charge >= 0.3 is 0 Å². The summed E-state index contributed by atoms with van der Waals surface area (Å²) in [6, 6.07) is 7.64. The average Bonchev–Trinajstić information content (AvgIpc) is 3.26. The molecule has 2 aliphatic heterocycles. The van der Waals surface area contributed by atoms with E-state index in [1.54, 1.807) is 6.20 Å². The molecule has 150 valence electrons. The Labute approximate surface area is 165 Å². The molecule has 0 aliphatic carbocycles. The maximum Gasteiger partial charge on any atom is 0.237 e. The van der Waals surface area contributed by atoms with Crippen LogP contribution in [0.15, 0.2) is 30.5 Å². The number of nitrogens with one attached hydrogen (secondary N) is 1. The number of para-hydroxylation sites is 2. The number of rotatable bonds is 6. The van der Waals surface area contributed by atoms with Gasteiger partial charge in [0.2, 0.25) is 11.8 Å². The van der Waals surface area contributed by atoms with Crippen molar-refractivity contribution in [3.8, 4) is 5.88 Å². The molecule has 3 heterocycles. The molecule has 0 radical (unpaired) electrons. The first kappa shape index (κ1) is 19.1. The molecule has 1 amide bonds. The molecule has 2 saturated heterocycles. The Bertz CT molecular complexity index is 801. The second-order valence-electron chi connectivity index (χ2n) is 7.61. The van der Waals surface area contributed by atoms with Crippen LogP contribution >= 0.6 is 0 Å². The van der Waals surface area contributed by atoms with Crippen molar-refractivity contribution in [3.63, 3.8) is 0 Å². The van der Waals surface area contributed by atoms with E-state index in [0.29, 0.717) is 12.4 Å². The fourth-order valence-electron chi connectivity index (χ4n) is 3.88. The molecule has 2 aliphatic rings. The summed E-state index contributed by atoms with van der Waals surface area (Å²) >= 11 is 0. The highest BCUT2D eigenvalue weighted by molar-refractivity contribution is 5.81. The smallest absolute Gasteiger partial charge is 0.237 e. The lowest BCUT2D eigenvalue weighted by atomic mass is 10.1. The topological polar surface area (TPSA) is 76.6 Å². The van der Waals surface area contributed by atoms with Crippen molar-refractivity contribution in [1.82, 2.24) is 20.2 Å². The summed E-state index contributed by atoms with van der Waals surface area (Å²) in [4.78, 5) is 23.6. The van der Waals surface area contributed by atoms with Gasteiger partial charge < -0.3 is 14.8 Å². The van der Waals surface area contributed by atoms with Crippen LogP contribution in [0.4, 0.5) is 0 Å². The van der Waals surface area contributed by atoms with Gasteiger partial charge in [0.05, 0.1) is 29.4 Å². The monoisotopic (exact) mass is 384 g/mol. The Morgan fingerprint density at radius 2 is 2.07 bits per heavy atom. The number of carbonyl (C=O) groups is 1. The van der Waals surface area contributed by atoms with Gasteiger partial charge in [-0.1, -0.05) is 12.1 Å². The minimum atomic E-state index is -0.136. The quantitative estimate of drug-likeness (QED) is 0.822. The molecule has 0 bridgehead atoms. The Morgan fingerprint density at radius 3 is 2.82 bits per heavy atom. The summed E-state index contributed by atoms with van der Waals surface area (Å²) in [6.45, 7) is 5.07. The van der Waals surface area contributed by atoms with Crippen LogP contribution in [0.5, 0.6) is 5.88 Å². The predicted molar refractivity (Wildman–Crippen MR) is 106 cm³/mol. The Kier molecular flexibility index (Phi) is 6.02. The van der Waals surface area contributed by atoms with Crippen molar-refractivity contribution in [1.29, 1.82) is 0 Å². The molecule has 7 heteroatoms. The van der Waals surface area contributed by atoms with Crippen molar-refractivity contribution in [3.05, 3.63) is 30.5 Å². The molecule has 28 heavy (non-hydrogen) atoms. The average molecular weight is 384 g/mol. The number of fused-ring (bicyclic) bond motifs is 1. The third-order valence-corrected chi connectivity index (χ3v) is 5.65. The molecule has 2 unspecified atom stereocenters. The second kappa shape index (κ2) is 8.84. The van der Waals surface area contributed by atoms with Gasteiger partial charge in [-0.05, 0) is 44.7 Å². The van der Waals surface area contributed by atoms with Crippen molar-refractivity contribution in [2.45, 2.75) is 50.9 Å². The number of ether oxygens (including phenoxy) is 2. The summed E-state index contributed by atoms with van der Waals surface area (Å²) in [7, 11) is 0. The molecule has 2 aromatic rings. The van der Waals surface area contributed by atoms with E-state index in [1.165, 1.54) is 0 Å². The van der Waals surface area contributed by atoms with Gasteiger partial charge in [-0.15, -0.1) is 0 Å². The lowest BCUT2D eigenvalue weighted by Crippen LogP contribution is -2.50. The van der Waals surface area contributed by atoms with E-state index in [-0.39, 0.29) is 24.2 Å². The van der Waals surface area contributed by atoms with Gasteiger partial charge in [0.25, 0.3) is 0 Å². The standard InChI is InChI=1S/C21H28N4O3/c1-15(21(26)23-13-17-5-4-12-27-17)25-10-8-16(9-11-25)28-20-14-22-18-6-2-3-7-19(18)24-20/h2-3,6-7,14-17H,4-5,8-13H2,1H3,(H,23,26). The zero-order valence-corrected chi connectivity index (χ0v) is 16.3. The van der Waals surface area contributed by atoms with Crippen LogP contribution in [0.25, 0.3) is 11.0 Å². The summed E-state index contributed by atoms with van der Waals surface area (Å²) < 4.78 is 11.6. The van der Waals surface area contributed by atoms with Gasteiger partial charge in [-0.2, -0.15) is 0 Å². The van der Waals surface area contributed by atoms with Crippen LogP contribution in [0, 0.1) is 0 Å². The summed E-state index contributed by atoms with van der Waals surface area (Å²) in [6.07, 6.45) is 5.85. The highest BCUT2D eigenvalue weighted by Gasteiger charge is 2.28. The molecule has 1 N–H and O–H groups in total. The van der Waals surface area contributed by atoms with E-state index < -0.39 is 0 Å². The molecular formula is C21H28N4O3. The van der Waals surface area contributed by atoms with E-state index >= 15 is 0 Å². The van der Waals surface area contributed by atoms with E-state index in [2.05, 4.69) is 20.2 Å². The minimum Gasteiger partial charge on any atom is -0.473 e. The molecule has 1 aromatic carbocycles. The number of benzene rings is 1. The van der Waals surface area contributed by atoms with Gasteiger partial charge in [-0.3, -0.25) is 9.69 Å². The number of nitrogens with zero attached hydrogens (tertiary/aromatic N) is 3. The first-order valence-corrected chi connectivity index (χ1v) is 10.2. The highest BCUT2D eigenvalue weighted by atomic mass is 16.5. The third kappa shape index (κ3) is 4.59. The van der Waals surface area contributed by atoms with Gasteiger partial charge in [-0.25, -0.2) is 9.97 Å². The van der Waals surface area contributed by atoms with Crippen LogP contribution in [-0.4, -0.2) is 65.3 Å². The maximum absolute atomic E-state index is 12.4. The van der Waals surface area contributed by atoms with Crippen molar-refractivity contribution in [2.75, 3.05) is 26.2 Å². The zero-order valence-electron chi connectivity index (χ0n) is 16.3. The Hall–Kier alpha value is -2.25. The minimum absolute atomic E-state index is 0.0789. The van der Waals surface area contributed by atoms with Crippen molar-refractivity contribution in [2.24, 2.45) is 0 Å². The SMILES string of the molecule is CC(C(=O)NCC1CCCO1)N1CCC(Oc2cnc3ccccc3n2)CC1. The third-order valence-electron chi connectivity index (χ3n) is 5.65. The number of piperidine rings is 1. The van der Waals surface area contributed by atoms with Crippen LogP contribution < -0.4 is 10.1 Å². The molecule has 2 fully saturated rings. The lowest BCUT2D eigenvalue weighted by Gasteiger charge is -2.35. The Balaban J connectivity index is 1.24. The second-order valence-corrected chi connectivity index (χ2v) is 7.61. The predicted octanol–water partition coefficient (Wildman–Crippen LogP) is 2.16. The fourth-order valence-corrected chi connectivity index (χ4v) is 3.88. The highest BCUT2D eigenvalue weighted by Crippen LogP contribution is 2.20. The lowest BCUT2D eigenvalue weighted by molar-refractivity contribution is -0.127. The van der Waals surface area contributed by atoms with Crippen LogP contribution in [0.2, 0.25) is 0 Å². The molecule has 7 nitrogen and oxygen atoms in total. The molecule has 1 aromatic heterocycles. The van der Waals surface area contributed by atoms with E-state index in [4.69, 9.17) is 9.47 Å². The zero-order chi connectivity index (χ0) is 19.3. The van der Waals surface area contributed by atoms with Crippen LogP contribution in [0.1, 0.15) is 32.6 Å². The van der Waals surface area contributed by atoms with E-state index in [9.17, 15) is 4.79 Å². The van der Waals surface area contributed by atoms with Crippen molar-refractivity contribution >= 4 is 16.9 Å². The normalized spacial score (nSPS) is 22.2. The molecule has 4 rings (SSSR count). The first-order chi connectivity index (χ1) is 13.7. The van der Waals surface area contributed by atoms with Crippen molar-refractivity contribution < 1.29 is 14.3 Å². The van der Waals surface area contributed by atoms with Crippen LogP contribution in [-0.2, 0) is 9.53 Å². The molecule has 0 spiro atoms. The number of hydrogen-bond donors (Lipinski definition) is 1. The first-order valence-electron chi connectivity index (χ1n) is 10.2. The van der Waals surface area contributed by atoms with Gasteiger partial charge in [0.1, 0.15) is 6.10 Å². The van der Waals surface area contributed by atoms with E-state index in [1.807, 2.05) is 31.2 Å². The summed E-state index contributed by atoms with van der Waals surface area (Å²) in [5, 5.41) is 3.03. The number of hydrogen-bond acceptors (Lipinski definition) is 6. The van der Waals surface area contributed by atoms with Crippen LogP contribution in [0.3, 0.4) is 0 Å². The number of amides is 1. The Morgan fingerprint density at radius 1 is 1.29 bits per heavy atom. The van der Waals surface area contributed by atoms with E-state index in [0.717, 1.165) is 56.4 Å². The maximum atomic E-state index is 12.4. The summed E-state index contributed by atoms with van der Waals surface area (Å²) in [5.74, 6) is 0.648. The molecular weight excluding hydrogens is 356 g/mol. The number of aromatic nitrogens is 2. The molecule has 2 atom stereocenters. The fraction of sp³-hybridized carbons (Fsp3) is 0.571. The van der Waals surface area contributed by atoms with Gasteiger partial charge in [0.15, 0.2) is 0 Å². The number of carbonyl (C=O) groups excluding carboxylic acids is 1. The summed E-state index contributed by atoms with van der Waals surface area (Å²) in [5.41, 5.74) is 1.71. The van der Waals surface area contributed by atoms with Gasteiger partial charge in [0, 0.05) is 26.2 Å².